The van der Waals surface area contributed by atoms with Gasteiger partial charge in [-0.15, -0.1) is 0 Å². The molecule has 0 saturated carbocycles. The van der Waals surface area contributed by atoms with Crippen LogP contribution < -0.4 is 16.0 Å². The number of hydrogen-bond acceptors (Lipinski definition) is 5. The van der Waals surface area contributed by atoms with Gasteiger partial charge in [-0.2, -0.15) is 0 Å². The first kappa shape index (κ1) is 18.9. The van der Waals surface area contributed by atoms with Crippen molar-refractivity contribution in [2.75, 3.05) is 18.0 Å². The standard InChI is InChI=1S/C20H26N4O3/c1-3-17-18(13(2)27-23-17)20(26)22-11-14-6-8-16(9-7-14)24-10-4-5-15(12-24)19(21)25/h6-9,15H,3-5,10-12H2,1-2H3,(H2,21,25)(H,22,26)/t15-/m1/s1. The number of carbonyl (C=O) groups excluding carboxylic acids is 2. The number of nitrogens with zero attached hydrogens (tertiary/aromatic N) is 2. The molecule has 1 saturated heterocycles. The highest BCUT2D eigenvalue weighted by molar-refractivity contribution is 5.96. The van der Waals surface area contributed by atoms with E-state index in [1.807, 2.05) is 31.2 Å². The lowest BCUT2D eigenvalue weighted by molar-refractivity contribution is -0.122. The summed E-state index contributed by atoms with van der Waals surface area (Å²) in [5.74, 6) is 0.0515. The number of aryl methyl sites for hydroxylation is 2. The predicted octanol–water partition coefficient (Wildman–Crippen LogP) is 2.18. The molecule has 144 valence electrons. The van der Waals surface area contributed by atoms with Gasteiger partial charge in [-0.25, -0.2) is 0 Å². The first-order valence-electron chi connectivity index (χ1n) is 9.36. The summed E-state index contributed by atoms with van der Waals surface area (Å²) in [6, 6.07) is 8.02. The average molecular weight is 370 g/mol. The molecule has 0 spiro atoms. The van der Waals surface area contributed by atoms with Crippen molar-refractivity contribution in [2.45, 2.75) is 39.7 Å². The van der Waals surface area contributed by atoms with E-state index in [0.717, 1.165) is 30.6 Å². The quantitative estimate of drug-likeness (QED) is 0.811. The van der Waals surface area contributed by atoms with E-state index in [1.165, 1.54) is 0 Å². The number of anilines is 1. The minimum Gasteiger partial charge on any atom is -0.371 e. The van der Waals surface area contributed by atoms with Crippen LogP contribution in [0.3, 0.4) is 0 Å². The van der Waals surface area contributed by atoms with Gasteiger partial charge in [-0.05, 0) is 43.9 Å². The largest absolute Gasteiger partial charge is 0.371 e. The fraction of sp³-hybridized carbons (Fsp3) is 0.450. The highest BCUT2D eigenvalue weighted by Gasteiger charge is 2.24. The Balaban J connectivity index is 1.60. The third kappa shape index (κ3) is 4.30. The minimum atomic E-state index is -0.227. The van der Waals surface area contributed by atoms with Gasteiger partial charge in [0.2, 0.25) is 5.91 Å². The van der Waals surface area contributed by atoms with Gasteiger partial charge in [0, 0.05) is 25.3 Å². The number of amides is 2. The van der Waals surface area contributed by atoms with Crippen molar-refractivity contribution in [2.24, 2.45) is 11.7 Å². The summed E-state index contributed by atoms with van der Waals surface area (Å²) in [4.78, 5) is 26.1. The van der Waals surface area contributed by atoms with E-state index in [9.17, 15) is 9.59 Å². The molecule has 7 heteroatoms. The minimum absolute atomic E-state index is 0.0858. The molecule has 3 rings (SSSR count). The van der Waals surface area contributed by atoms with Crippen LogP contribution in [0.2, 0.25) is 0 Å². The second-order valence-corrected chi connectivity index (χ2v) is 6.95. The number of nitrogens with one attached hydrogen (secondary N) is 1. The third-order valence-corrected chi connectivity index (χ3v) is 5.07. The van der Waals surface area contributed by atoms with E-state index >= 15 is 0 Å². The Bertz CT molecular complexity index is 813. The topological polar surface area (TPSA) is 101 Å². The number of benzene rings is 1. The average Bonchev–Trinajstić information content (AvgIpc) is 3.07. The van der Waals surface area contributed by atoms with Crippen LogP contribution in [0.4, 0.5) is 5.69 Å². The summed E-state index contributed by atoms with van der Waals surface area (Å²) >= 11 is 0. The number of nitrogens with two attached hydrogens (primary N) is 1. The zero-order chi connectivity index (χ0) is 19.4. The molecule has 1 fully saturated rings. The van der Waals surface area contributed by atoms with Crippen LogP contribution in [0, 0.1) is 12.8 Å². The van der Waals surface area contributed by atoms with Gasteiger partial charge in [0.1, 0.15) is 11.3 Å². The van der Waals surface area contributed by atoms with Gasteiger partial charge in [-0.3, -0.25) is 9.59 Å². The second-order valence-electron chi connectivity index (χ2n) is 6.95. The molecule has 7 nitrogen and oxygen atoms in total. The summed E-state index contributed by atoms with van der Waals surface area (Å²) in [5, 5.41) is 6.84. The van der Waals surface area contributed by atoms with Crippen LogP contribution in [0.15, 0.2) is 28.8 Å². The molecule has 1 aromatic heterocycles. The number of carbonyl (C=O) groups is 2. The van der Waals surface area contributed by atoms with Crippen LogP contribution in [0.5, 0.6) is 0 Å². The van der Waals surface area contributed by atoms with Gasteiger partial charge >= 0.3 is 0 Å². The van der Waals surface area contributed by atoms with Crippen molar-refractivity contribution in [1.29, 1.82) is 0 Å². The van der Waals surface area contributed by atoms with E-state index in [1.54, 1.807) is 6.92 Å². The van der Waals surface area contributed by atoms with Gasteiger partial charge in [0.15, 0.2) is 0 Å². The molecular formula is C20H26N4O3. The van der Waals surface area contributed by atoms with E-state index < -0.39 is 0 Å². The number of piperidine rings is 1. The first-order chi connectivity index (χ1) is 13.0. The SMILES string of the molecule is CCc1noc(C)c1C(=O)NCc1ccc(N2CCC[C@@H](C(N)=O)C2)cc1. The number of primary amides is 1. The van der Waals surface area contributed by atoms with E-state index in [2.05, 4.69) is 15.4 Å². The normalized spacial score (nSPS) is 17.0. The Labute approximate surface area is 158 Å². The van der Waals surface area contributed by atoms with Crippen LogP contribution in [0.1, 0.15) is 47.1 Å². The Morgan fingerprint density at radius 3 is 2.74 bits per heavy atom. The lowest BCUT2D eigenvalue weighted by atomic mass is 9.97. The van der Waals surface area contributed by atoms with Gasteiger partial charge in [0.25, 0.3) is 5.91 Å². The van der Waals surface area contributed by atoms with Crippen molar-refractivity contribution in [1.82, 2.24) is 10.5 Å². The zero-order valence-electron chi connectivity index (χ0n) is 15.8. The summed E-state index contributed by atoms with van der Waals surface area (Å²) in [6.07, 6.45) is 2.47. The molecule has 1 aliphatic heterocycles. The summed E-state index contributed by atoms with van der Waals surface area (Å²) < 4.78 is 5.12. The fourth-order valence-electron chi connectivity index (χ4n) is 3.49. The molecule has 3 N–H and O–H groups in total. The molecule has 1 atom stereocenters. The first-order valence-corrected chi connectivity index (χ1v) is 9.36. The molecule has 2 heterocycles. The highest BCUT2D eigenvalue weighted by Crippen LogP contribution is 2.23. The molecule has 2 aromatic rings. The lowest BCUT2D eigenvalue weighted by Gasteiger charge is -2.33. The molecule has 27 heavy (non-hydrogen) atoms. The fourth-order valence-corrected chi connectivity index (χ4v) is 3.49. The van der Waals surface area contributed by atoms with E-state index in [0.29, 0.717) is 36.5 Å². The van der Waals surface area contributed by atoms with Crippen LogP contribution >= 0.6 is 0 Å². The van der Waals surface area contributed by atoms with Crippen molar-refractivity contribution in [3.8, 4) is 0 Å². The van der Waals surface area contributed by atoms with Crippen LogP contribution in [-0.4, -0.2) is 30.1 Å². The van der Waals surface area contributed by atoms with Crippen molar-refractivity contribution < 1.29 is 14.1 Å². The highest BCUT2D eigenvalue weighted by atomic mass is 16.5. The number of hydrogen-bond donors (Lipinski definition) is 2. The van der Waals surface area contributed by atoms with E-state index in [-0.39, 0.29) is 17.7 Å². The third-order valence-electron chi connectivity index (χ3n) is 5.07. The molecule has 1 aliphatic rings. The molecule has 0 bridgehead atoms. The second kappa shape index (κ2) is 8.24. The smallest absolute Gasteiger partial charge is 0.257 e. The van der Waals surface area contributed by atoms with Gasteiger partial charge < -0.3 is 20.5 Å². The Morgan fingerprint density at radius 2 is 2.07 bits per heavy atom. The van der Waals surface area contributed by atoms with Crippen molar-refractivity contribution >= 4 is 17.5 Å². The maximum atomic E-state index is 12.4. The summed E-state index contributed by atoms with van der Waals surface area (Å²) in [7, 11) is 0. The molecule has 0 unspecified atom stereocenters. The Kier molecular flexibility index (Phi) is 5.78. The lowest BCUT2D eigenvalue weighted by Crippen LogP contribution is -2.41. The zero-order valence-corrected chi connectivity index (χ0v) is 15.8. The van der Waals surface area contributed by atoms with Crippen molar-refractivity contribution in [3.63, 3.8) is 0 Å². The number of aromatic nitrogens is 1. The predicted molar refractivity (Wildman–Crippen MR) is 102 cm³/mol. The van der Waals surface area contributed by atoms with Crippen LogP contribution in [0.25, 0.3) is 0 Å². The Morgan fingerprint density at radius 1 is 1.33 bits per heavy atom. The summed E-state index contributed by atoms with van der Waals surface area (Å²) in [5.41, 5.74) is 8.73. The maximum absolute atomic E-state index is 12.4. The van der Waals surface area contributed by atoms with Gasteiger partial charge in [-0.1, -0.05) is 24.2 Å². The molecule has 0 radical (unpaired) electrons. The maximum Gasteiger partial charge on any atom is 0.257 e. The van der Waals surface area contributed by atoms with Crippen molar-refractivity contribution in [3.05, 3.63) is 46.8 Å². The molecule has 2 amide bonds. The van der Waals surface area contributed by atoms with E-state index in [4.69, 9.17) is 10.3 Å². The van der Waals surface area contributed by atoms with Crippen LogP contribution in [-0.2, 0) is 17.8 Å². The Hall–Kier alpha value is -2.83. The molecule has 0 aliphatic carbocycles. The molecule has 1 aromatic carbocycles. The monoisotopic (exact) mass is 370 g/mol. The number of rotatable bonds is 6. The molecular weight excluding hydrogens is 344 g/mol. The summed E-state index contributed by atoms with van der Waals surface area (Å²) in [6.45, 7) is 5.70. The van der Waals surface area contributed by atoms with Gasteiger partial charge in [0.05, 0.1) is 11.6 Å².